The predicted octanol–water partition coefficient (Wildman–Crippen LogP) is 8.48. The molecule has 0 N–H and O–H groups in total. The third-order valence-corrected chi connectivity index (χ3v) is 8.83. The van der Waals surface area contributed by atoms with Crippen molar-refractivity contribution >= 4 is 41.2 Å². The van der Waals surface area contributed by atoms with E-state index < -0.39 is 29.5 Å². The summed E-state index contributed by atoms with van der Waals surface area (Å²) < 4.78 is 16.8. The summed E-state index contributed by atoms with van der Waals surface area (Å²) in [6.45, 7) is 9.02. The van der Waals surface area contributed by atoms with Crippen molar-refractivity contribution in [2.24, 2.45) is 11.8 Å². The Morgan fingerprint density at radius 3 is 1.35 bits per heavy atom. The molecule has 1 aliphatic rings. The molecular weight excluding hydrogens is 660 g/mol. The molecule has 0 radical (unpaired) electrons. The highest BCUT2D eigenvalue weighted by atomic mass is 16.6. The van der Waals surface area contributed by atoms with Gasteiger partial charge in [-0.3, -0.25) is 19.2 Å². The van der Waals surface area contributed by atoms with Crippen molar-refractivity contribution in [3.05, 3.63) is 119 Å². The van der Waals surface area contributed by atoms with Crippen molar-refractivity contribution in [3.8, 4) is 11.5 Å². The van der Waals surface area contributed by atoms with Crippen LogP contribution in [-0.2, 0) is 14.3 Å². The van der Waals surface area contributed by atoms with E-state index >= 15 is 0 Å². The van der Waals surface area contributed by atoms with Gasteiger partial charge in [0.1, 0.15) is 17.1 Å². The van der Waals surface area contributed by atoms with Crippen LogP contribution in [-0.4, -0.2) is 42.5 Å². The Morgan fingerprint density at radius 1 is 0.558 bits per heavy atom. The monoisotopic (exact) mass is 704 g/mol. The standard InChI is InChI=1S/C42H44N2O8/c1-27-7-11-29(12-8-27)37(45)43(6)33-19-23-35(24-20-33)50-39(47)31-15-17-32(18-16-31)40(48)51-36-25-21-34(22-26-36)44(41(49)52-42(3,4)5)38(46)30-13-9-28(2)10-14-30/h7-14,19-26,31-32H,15-18H2,1-6H3. The van der Waals surface area contributed by atoms with Crippen molar-refractivity contribution in [1.82, 2.24) is 0 Å². The summed E-state index contributed by atoms with van der Waals surface area (Å²) in [7, 11) is 1.69. The fourth-order valence-corrected chi connectivity index (χ4v) is 5.81. The second kappa shape index (κ2) is 16.1. The maximum Gasteiger partial charge on any atom is 0.422 e. The number of aryl methyl sites for hydroxylation is 2. The molecule has 0 spiro atoms. The number of carbonyl (C=O) groups excluding carboxylic acids is 5. The van der Waals surface area contributed by atoms with Crippen molar-refractivity contribution in [2.45, 2.75) is 65.9 Å². The maximum atomic E-state index is 13.4. The van der Waals surface area contributed by atoms with Crippen LogP contribution in [0.5, 0.6) is 11.5 Å². The molecule has 10 heteroatoms. The third-order valence-electron chi connectivity index (χ3n) is 8.83. The smallest absolute Gasteiger partial charge is 0.422 e. The van der Waals surface area contributed by atoms with Gasteiger partial charge < -0.3 is 19.1 Å². The van der Waals surface area contributed by atoms with Crippen LogP contribution in [0.3, 0.4) is 0 Å². The molecule has 0 heterocycles. The average molecular weight is 705 g/mol. The first kappa shape index (κ1) is 37.5. The van der Waals surface area contributed by atoms with Crippen LogP contribution >= 0.6 is 0 Å². The van der Waals surface area contributed by atoms with E-state index in [1.54, 1.807) is 88.5 Å². The minimum Gasteiger partial charge on any atom is -0.443 e. The van der Waals surface area contributed by atoms with Crippen LogP contribution < -0.4 is 19.3 Å². The summed E-state index contributed by atoms with van der Waals surface area (Å²) in [5.41, 5.74) is 3.03. The van der Waals surface area contributed by atoms with E-state index in [-0.39, 0.29) is 29.2 Å². The van der Waals surface area contributed by atoms with E-state index in [2.05, 4.69) is 0 Å². The number of hydrogen-bond donors (Lipinski definition) is 0. The maximum absolute atomic E-state index is 13.4. The number of carbonyl (C=O) groups is 5. The van der Waals surface area contributed by atoms with Gasteiger partial charge in [-0.2, -0.15) is 0 Å². The fourth-order valence-electron chi connectivity index (χ4n) is 5.81. The molecule has 270 valence electrons. The number of hydrogen-bond acceptors (Lipinski definition) is 8. The van der Waals surface area contributed by atoms with Gasteiger partial charge in [-0.1, -0.05) is 35.4 Å². The van der Waals surface area contributed by atoms with Gasteiger partial charge in [0.05, 0.1) is 17.5 Å². The summed E-state index contributed by atoms with van der Waals surface area (Å²) in [6.07, 6.45) is 1.02. The molecule has 0 saturated heterocycles. The van der Waals surface area contributed by atoms with Gasteiger partial charge in [0.2, 0.25) is 0 Å². The molecule has 1 aliphatic carbocycles. The number of imide groups is 1. The minimum absolute atomic E-state index is 0.146. The van der Waals surface area contributed by atoms with Gasteiger partial charge in [-0.15, -0.1) is 0 Å². The molecule has 0 unspecified atom stereocenters. The van der Waals surface area contributed by atoms with Crippen LogP contribution in [0.15, 0.2) is 97.1 Å². The van der Waals surface area contributed by atoms with Gasteiger partial charge in [0.25, 0.3) is 11.8 Å². The van der Waals surface area contributed by atoms with Gasteiger partial charge in [-0.25, -0.2) is 9.69 Å². The number of benzene rings is 4. The molecule has 0 bridgehead atoms. The molecule has 52 heavy (non-hydrogen) atoms. The molecule has 5 rings (SSSR count). The van der Waals surface area contributed by atoms with Crippen LogP contribution in [0.1, 0.15) is 78.3 Å². The summed E-state index contributed by atoms with van der Waals surface area (Å²) in [6, 6.07) is 27.1. The highest BCUT2D eigenvalue weighted by Gasteiger charge is 2.33. The number of esters is 2. The van der Waals surface area contributed by atoms with Crippen LogP contribution in [0.25, 0.3) is 0 Å². The Labute approximate surface area is 304 Å². The quantitative estimate of drug-likeness (QED) is 0.132. The van der Waals surface area contributed by atoms with E-state index in [0.717, 1.165) is 16.0 Å². The van der Waals surface area contributed by atoms with Crippen LogP contribution in [0.2, 0.25) is 0 Å². The highest BCUT2D eigenvalue weighted by Crippen LogP contribution is 2.32. The van der Waals surface area contributed by atoms with E-state index in [4.69, 9.17) is 14.2 Å². The van der Waals surface area contributed by atoms with E-state index in [9.17, 15) is 24.0 Å². The molecule has 3 amide bonds. The zero-order valence-electron chi connectivity index (χ0n) is 30.4. The van der Waals surface area contributed by atoms with Crippen molar-refractivity contribution in [2.75, 3.05) is 16.8 Å². The first-order chi connectivity index (χ1) is 24.7. The number of ether oxygens (including phenoxy) is 3. The second-order valence-electron chi connectivity index (χ2n) is 14.1. The van der Waals surface area contributed by atoms with E-state index in [1.165, 1.54) is 29.2 Å². The van der Waals surface area contributed by atoms with Gasteiger partial charge in [0, 0.05) is 23.9 Å². The zero-order chi connectivity index (χ0) is 37.6. The average Bonchev–Trinajstić information content (AvgIpc) is 3.12. The van der Waals surface area contributed by atoms with Gasteiger partial charge >= 0.3 is 18.0 Å². The second-order valence-corrected chi connectivity index (χ2v) is 14.1. The molecule has 0 atom stereocenters. The Bertz CT molecular complexity index is 1900. The SMILES string of the molecule is Cc1ccc(C(=O)N(C)c2ccc(OC(=O)C3CCC(C(=O)Oc4ccc(N(C(=O)OC(C)(C)C)C(=O)c5ccc(C)cc5)cc4)CC3)cc2)cc1. The number of anilines is 2. The lowest BCUT2D eigenvalue weighted by atomic mass is 9.82. The molecule has 1 saturated carbocycles. The van der Waals surface area contributed by atoms with Gasteiger partial charge in [-0.05, 0) is 133 Å². The van der Waals surface area contributed by atoms with Gasteiger partial charge in [0.15, 0.2) is 0 Å². The molecule has 4 aromatic rings. The summed E-state index contributed by atoms with van der Waals surface area (Å²) in [4.78, 5) is 68.0. The lowest BCUT2D eigenvalue weighted by molar-refractivity contribution is -0.145. The number of rotatable bonds is 8. The van der Waals surface area contributed by atoms with Crippen molar-refractivity contribution < 1.29 is 38.2 Å². The molecule has 1 fully saturated rings. The summed E-state index contributed by atoms with van der Waals surface area (Å²) >= 11 is 0. The minimum atomic E-state index is -0.831. The van der Waals surface area contributed by atoms with Crippen molar-refractivity contribution in [3.63, 3.8) is 0 Å². The summed E-state index contributed by atoms with van der Waals surface area (Å²) in [5, 5.41) is 0. The predicted molar refractivity (Wildman–Crippen MR) is 198 cm³/mol. The van der Waals surface area contributed by atoms with Crippen LogP contribution in [0.4, 0.5) is 16.2 Å². The first-order valence-electron chi connectivity index (χ1n) is 17.3. The Hall–Kier alpha value is -5.77. The number of nitrogens with zero attached hydrogens (tertiary/aromatic N) is 2. The van der Waals surface area contributed by atoms with Crippen molar-refractivity contribution in [1.29, 1.82) is 0 Å². The lowest BCUT2D eigenvalue weighted by Crippen LogP contribution is -2.41. The Kier molecular flexibility index (Phi) is 11.6. The number of amides is 3. The molecular formula is C42H44N2O8. The summed E-state index contributed by atoms with van der Waals surface area (Å²) in [5.74, 6) is -1.60. The van der Waals surface area contributed by atoms with E-state index in [1.807, 2.05) is 26.0 Å². The van der Waals surface area contributed by atoms with E-state index in [0.29, 0.717) is 48.2 Å². The Morgan fingerprint density at radius 2 is 0.942 bits per heavy atom. The normalized spacial score (nSPS) is 15.6. The first-order valence-corrected chi connectivity index (χ1v) is 17.3. The zero-order valence-corrected chi connectivity index (χ0v) is 30.4. The van der Waals surface area contributed by atoms with Crippen LogP contribution in [0, 0.1) is 25.7 Å². The largest absolute Gasteiger partial charge is 0.443 e. The Balaban J connectivity index is 1.14. The highest BCUT2D eigenvalue weighted by molar-refractivity contribution is 6.19. The molecule has 4 aromatic carbocycles. The molecule has 0 aromatic heterocycles. The topological polar surface area (TPSA) is 120 Å². The molecule has 0 aliphatic heterocycles. The molecule has 10 nitrogen and oxygen atoms in total. The lowest BCUT2D eigenvalue weighted by Gasteiger charge is -2.27. The third kappa shape index (κ3) is 9.51. The fraction of sp³-hybridized carbons (Fsp3) is 0.310.